The molecule has 0 saturated carbocycles. The number of hydrogen-bond acceptors (Lipinski definition) is 0. The minimum atomic E-state index is -1.19. The predicted molar refractivity (Wildman–Crippen MR) is 133 cm³/mol. The van der Waals surface area contributed by atoms with Gasteiger partial charge in [-0.1, -0.05) is 48.5 Å². The quantitative estimate of drug-likeness (QED) is 0.229. The van der Waals surface area contributed by atoms with Crippen molar-refractivity contribution in [2.75, 3.05) is 6.66 Å². The maximum Gasteiger partial charge on any atom is 0.156 e. The van der Waals surface area contributed by atoms with E-state index in [1.165, 1.54) is 12.3 Å². The number of hydrogen-bond donors (Lipinski definition) is 0. The summed E-state index contributed by atoms with van der Waals surface area (Å²) in [4.78, 5) is -2.23. The van der Waals surface area contributed by atoms with Crippen molar-refractivity contribution < 1.29 is 0 Å². The van der Waals surface area contributed by atoms with Crippen LogP contribution in [0.25, 0.3) is 0 Å². The Hall–Kier alpha value is 0.760. The molecule has 0 spiro atoms. The first-order valence-electron chi connectivity index (χ1n) is 8.93. The van der Waals surface area contributed by atoms with Crippen LogP contribution in [0.5, 0.6) is 0 Å². The van der Waals surface area contributed by atoms with Gasteiger partial charge < -0.3 is 0 Å². The molecule has 0 aromatic heterocycles. The Morgan fingerprint density at radius 2 is 1.28 bits per heavy atom. The molecule has 0 amide bonds. The van der Waals surface area contributed by atoms with Crippen LogP contribution in [0.15, 0.2) is 48.5 Å². The fourth-order valence-corrected chi connectivity index (χ4v) is 20.1. The zero-order valence-corrected chi connectivity index (χ0v) is 21.4. The van der Waals surface area contributed by atoms with Crippen molar-refractivity contribution >= 4 is 53.9 Å². The van der Waals surface area contributed by atoms with Gasteiger partial charge in [0.1, 0.15) is 11.3 Å². The highest BCUT2D eigenvalue weighted by Gasteiger charge is 2.68. The summed E-state index contributed by atoms with van der Waals surface area (Å²) in [7, 11) is 0. The van der Waals surface area contributed by atoms with Gasteiger partial charge in [0, 0.05) is 11.1 Å². The van der Waals surface area contributed by atoms with Crippen LogP contribution in [0.2, 0.25) is 0 Å². The van der Waals surface area contributed by atoms with E-state index in [1.54, 1.807) is 22.3 Å². The zero-order valence-electron chi connectivity index (χ0n) is 15.3. The Kier molecular flexibility index (Phi) is 4.88. The van der Waals surface area contributed by atoms with Gasteiger partial charge in [-0.05, 0) is 31.9 Å². The van der Waals surface area contributed by atoms with Crippen LogP contribution < -0.4 is 0 Å². The second-order valence-electron chi connectivity index (χ2n) is 8.69. The molecule has 2 heterocycles. The zero-order chi connectivity index (χ0) is 18.0. The minimum absolute atomic E-state index is 0.380. The predicted octanol–water partition coefficient (Wildman–Crippen LogP) is 8.66. The van der Waals surface area contributed by atoms with Gasteiger partial charge in [0.05, 0.1) is 34.0 Å². The van der Waals surface area contributed by atoms with Crippen LogP contribution in [-0.4, -0.2) is 11.8 Å². The first kappa shape index (κ1) is 19.1. The lowest BCUT2D eigenvalue weighted by molar-refractivity contribution is 0.755. The molecule has 132 valence electrons. The molecule has 25 heavy (non-hydrogen) atoms. The highest BCUT2D eigenvalue weighted by molar-refractivity contribution is 14.2. The third-order valence-electron chi connectivity index (χ3n) is 6.06. The van der Waals surface area contributed by atoms with Gasteiger partial charge in [-0.25, -0.2) is 0 Å². The standard InChI is InChI=1S/C21H26I2P2/c1-21(2,3)25(23)14-16-10-6-8-12-18(16)20(25)19-17-11-7-5-9-15(17)13-24(19,4)22/h5-12,19-20H,13-14H2,1-4H3/q+2/t19-,20-,24?,25?/m1/s1. The van der Waals surface area contributed by atoms with E-state index < -0.39 is 9.81 Å². The van der Waals surface area contributed by atoms with E-state index in [9.17, 15) is 0 Å². The summed E-state index contributed by atoms with van der Waals surface area (Å²) in [5.41, 5.74) is 8.05. The molecular weight excluding hydrogens is 568 g/mol. The molecule has 4 rings (SSSR count). The number of halogens is 2. The maximum absolute atomic E-state index is 2.96. The van der Waals surface area contributed by atoms with Crippen molar-refractivity contribution in [3.63, 3.8) is 0 Å². The van der Waals surface area contributed by atoms with Crippen molar-refractivity contribution in [1.82, 2.24) is 0 Å². The Morgan fingerprint density at radius 3 is 1.84 bits per heavy atom. The molecule has 2 aliphatic heterocycles. The molecule has 0 N–H and O–H groups in total. The molecule has 0 nitrogen and oxygen atoms in total. The van der Waals surface area contributed by atoms with E-state index in [1.807, 2.05) is 0 Å². The van der Waals surface area contributed by atoms with Crippen molar-refractivity contribution in [2.24, 2.45) is 0 Å². The molecular formula is C21H26I2P2+2. The Labute approximate surface area is 179 Å². The van der Waals surface area contributed by atoms with E-state index in [2.05, 4.69) is 120 Å². The summed E-state index contributed by atoms with van der Waals surface area (Å²) >= 11 is 5.84. The fourth-order valence-electron chi connectivity index (χ4n) is 4.73. The largest absolute Gasteiger partial charge is 0.156 e. The molecule has 2 aliphatic rings. The van der Waals surface area contributed by atoms with E-state index >= 15 is 0 Å². The highest BCUT2D eigenvalue weighted by atomic mass is 127. The van der Waals surface area contributed by atoms with Gasteiger partial charge in [-0.3, -0.25) is 0 Å². The number of benzene rings is 2. The minimum Gasteiger partial charge on any atom is -0.0618 e. The molecule has 4 atom stereocenters. The molecule has 2 aromatic rings. The highest BCUT2D eigenvalue weighted by Crippen LogP contribution is 2.96. The smallest absolute Gasteiger partial charge is 0.0618 e. The van der Waals surface area contributed by atoms with Gasteiger partial charge in [0.15, 0.2) is 44.1 Å². The van der Waals surface area contributed by atoms with E-state index in [-0.39, 0.29) is 0 Å². The summed E-state index contributed by atoms with van der Waals surface area (Å²) in [6, 6.07) is 18.7. The van der Waals surface area contributed by atoms with Crippen LogP contribution in [0.1, 0.15) is 54.3 Å². The Balaban J connectivity index is 1.95. The van der Waals surface area contributed by atoms with Crippen LogP contribution in [-0.2, 0) is 12.3 Å². The lowest BCUT2D eigenvalue weighted by atomic mass is 9.98. The number of rotatable bonds is 1. The van der Waals surface area contributed by atoms with Crippen molar-refractivity contribution in [3.05, 3.63) is 70.8 Å². The van der Waals surface area contributed by atoms with Crippen molar-refractivity contribution in [2.45, 2.75) is 49.6 Å². The normalized spacial score (nSPS) is 34.0. The summed E-state index contributed by atoms with van der Waals surface area (Å²) in [6.45, 7) is 10.1. The summed E-state index contributed by atoms with van der Waals surface area (Å²) < 4.78 is 0. The first-order chi connectivity index (χ1) is 11.7. The van der Waals surface area contributed by atoms with Crippen LogP contribution in [0, 0.1) is 0 Å². The summed E-state index contributed by atoms with van der Waals surface area (Å²) in [6.07, 6.45) is 2.63. The number of fused-ring (bicyclic) bond motifs is 2. The maximum atomic E-state index is 2.96. The van der Waals surface area contributed by atoms with Crippen LogP contribution in [0.3, 0.4) is 0 Å². The molecule has 2 unspecified atom stereocenters. The van der Waals surface area contributed by atoms with Crippen molar-refractivity contribution in [3.8, 4) is 0 Å². The molecule has 0 fully saturated rings. The van der Waals surface area contributed by atoms with Crippen LogP contribution in [0.4, 0.5) is 0 Å². The topological polar surface area (TPSA) is 0 Å². The molecule has 0 saturated heterocycles. The second-order valence-corrected chi connectivity index (χ2v) is 27.4. The third-order valence-corrected chi connectivity index (χ3v) is 23.5. The van der Waals surface area contributed by atoms with Crippen molar-refractivity contribution in [1.29, 1.82) is 0 Å². The average molecular weight is 594 g/mol. The lowest BCUT2D eigenvalue weighted by Gasteiger charge is -2.37. The average Bonchev–Trinajstić information content (AvgIpc) is 2.96. The fraction of sp³-hybridized carbons (Fsp3) is 0.429. The Bertz CT molecular complexity index is 825. The molecule has 0 bridgehead atoms. The van der Waals surface area contributed by atoms with E-state index in [4.69, 9.17) is 0 Å². The first-order valence-corrected chi connectivity index (χ1v) is 19.0. The van der Waals surface area contributed by atoms with Gasteiger partial charge in [-0.15, -0.1) is 0 Å². The van der Waals surface area contributed by atoms with E-state index in [0.717, 1.165) is 11.3 Å². The van der Waals surface area contributed by atoms with Gasteiger partial charge >= 0.3 is 0 Å². The van der Waals surface area contributed by atoms with Gasteiger partial charge in [-0.2, -0.15) is 0 Å². The van der Waals surface area contributed by atoms with Crippen LogP contribution >= 0.6 is 53.9 Å². The van der Waals surface area contributed by atoms with E-state index in [0.29, 0.717) is 5.16 Å². The monoisotopic (exact) mass is 594 g/mol. The van der Waals surface area contributed by atoms with Gasteiger partial charge in [0.2, 0.25) is 0 Å². The molecule has 4 heteroatoms. The Morgan fingerprint density at radius 1 is 0.800 bits per heavy atom. The SMILES string of the molecule is CC(C)(C)[P+]1(I)Cc2ccccc2[C@@H]1[C@H]1c2ccccc2C[P+]1(C)I. The molecule has 0 aliphatic carbocycles. The van der Waals surface area contributed by atoms with Gasteiger partial charge in [0.25, 0.3) is 0 Å². The lowest BCUT2D eigenvalue weighted by Crippen LogP contribution is -2.22. The summed E-state index contributed by atoms with van der Waals surface area (Å²) in [5, 5.41) is 0.380. The molecule has 0 radical (unpaired) electrons. The third kappa shape index (κ3) is 2.97. The second kappa shape index (κ2) is 6.39. The molecule has 2 aromatic carbocycles. The summed E-state index contributed by atoms with van der Waals surface area (Å²) in [5.74, 6) is 0.